The molecule has 0 fully saturated rings. The monoisotopic (exact) mass is 340 g/mol. The molecule has 1 N–H and O–H groups in total. The summed E-state index contributed by atoms with van der Waals surface area (Å²) in [6.45, 7) is 9.26. The third-order valence-electron chi connectivity index (χ3n) is 5.03. The number of ether oxygens (including phenoxy) is 1. The molecule has 25 heavy (non-hydrogen) atoms. The summed E-state index contributed by atoms with van der Waals surface area (Å²) in [6, 6.07) is 12.2. The molecule has 1 atom stereocenters. The summed E-state index contributed by atoms with van der Waals surface area (Å²) < 4.78 is 5.95. The van der Waals surface area contributed by atoms with Crippen LogP contribution < -0.4 is 4.74 Å². The van der Waals surface area contributed by atoms with E-state index < -0.39 is 6.10 Å². The zero-order valence-electron chi connectivity index (χ0n) is 16.1. The van der Waals surface area contributed by atoms with Crippen molar-refractivity contribution in [3.8, 4) is 5.75 Å². The predicted molar refractivity (Wildman–Crippen MR) is 105 cm³/mol. The van der Waals surface area contributed by atoms with E-state index in [1.165, 1.54) is 24.8 Å². The van der Waals surface area contributed by atoms with Gasteiger partial charge in [-0.05, 0) is 60.6 Å². The van der Waals surface area contributed by atoms with Crippen LogP contribution in [0.2, 0.25) is 0 Å². The van der Waals surface area contributed by atoms with Gasteiger partial charge >= 0.3 is 0 Å². The molecule has 0 aliphatic rings. The van der Waals surface area contributed by atoms with Crippen molar-refractivity contribution < 1.29 is 9.84 Å². The van der Waals surface area contributed by atoms with Crippen LogP contribution in [0.1, 0.15) is 73.5 Å². The highest BCUT2D eigenvalue weighted by Crippen LogP contribution is 2.31. The summed E-state index contributed by atoms with van der Waals surface area (Å²) in [5, 5.41) is 10.8. The summed E-state index contributed by atoms with van der Waals surface area (Å²) in [5.74, 6) is 0.936. The lowest BCUT2D eigenvalue weighted by molar-refractivity contribution is 0.219. The molecular formula is C23H32O2. The van der Waals surface area contributed by atoms with E-state index in [1.54, 1.807) is 0 Å². The lowest BCUT2D eigenvalue weighted by atomic mass is 9.93. The fraction of sp³-hybridized carbons (Fsp3) is 0.478. The number of unbranched alkanes of at least 4 members (excludes halogenated alkanes) is 3. The molecule has 0 saturated carbocycles. The summed E-state index contributed by atoms with van der Waals surface area (Å²) >= 11 is 0. The molecule has 2 rings (SSSR count). The Hall–Kier alpha value is -1.80. The molecule has 2 heteroatoms. The van der Waals surface area contributed by atoms with Gasteiger partial charge in [-0.15, -0.1) is 0 Å². The van der Waals surface area contributed by atoms with Gasteiger partial charge in [-0.3, -0.25) is 0 Å². The second-order valence-electron chi connectivity index (χ2n) is 6.81. The van der Waals surface area contributed by atoms with Crippen LogP contribution in [0, 0.1) is 13.8 Å². The van der Waals surface area contributed by atoms with Crippen LogP contribution in [-0.2, 0) is 6.42 Å². The maximum atomic E-state index is 10.8. The SMILES string of the molecule is CCCCCCOc1ccc(C(O)c2ccc(CC)cc2)c(C)c1C. The van der Waals surface area contributed by atoms with E-state index in [4.69, 9.17) is 4.74 Å². The molecule has 0 aliphatic carbocycles. The molecule has 1 unspecified atom stereocenters. The first-order chi connectivity index (χ1) is 12.1. The average molecular weight is 341 g/mol. The minimum absolute atomic E-state index is 0.594. The number of benzene rings is 2. The molecule has 2 aromatic rings. The van der Waals surface area contributed by atoms with E-state index in [1.807, 2.05) is 24.3 Å². The van der Waals surface area contributed by atoms with Gasteiger partial charge in [0.05, 0.1) is 6.61 Å². The Morgan fingerprint density at radius 2 is 1.60 bits per heavy atom. The highest BCUT2D eigenvalue weighted by Gasteiger charge is 2.16. The molecule has 0 radical (unpaired) electrons. The van der Waals surface area contributed by atoms with Crippen molar-refractivity contribution in [1.29, 1.82) is 0 Å². The van der Waals surface area contributed by atoms with Crippen molar-refractivity contribution in [3.63, 3.8) is 0 Å². The van der Waals surface area contributed by atoms with E-state index in [2.05, 4.69) is 39.8 Å². The summed E-state index contributed by atoms with van der Waals surface area (Å²) in [4.78, 5) is 0. The Morgan fingerprint density at radius 1 is 0.880 bits per heavy atom. The Labute approximate surface area is 152 Å². The lowest BCUT2D eigenvalue weighted by Gasteiger charge is -2.19. The maximum Gasteiger partial charge on any atom is 0.122 e. The third-order valence-corrected chi connectivity index (χ3v) is 5.03. The Bertz CT molecular complexity index is 659. The molecule has 0 amide bonds. The first-order valence-corrected chi connectivity index (χ1v) is 9.58. The van der Waals surface area contributed by atoms with Crippen LogP contribution in [0.15, 0.2) is 36.4 Å². The average Bonchev–Trinajstić information content (AvgIpc) is 2.64. The topological polar surface area (TPSA) is 29.5 Å². The zero-order chi connectivity index (χ0) is 18.2. The summed E-state index contributed by atoms with van der Waals surface area (Å²) in [7, 11) is 0. The molecule has 136 valence electrons. The van der Waals surface area contributed by atoms with Crippen LogP contribution in [0.5, 0.6) is 5.75 Å². The number of aryl methyl sites for hydroxylation is 1. The van der Waals surface area contributed by atoms with E-state index in [-0.39, 0.29) is 0 Å². The van der Waals surface area contributed by atoms with Crippen molar-refractivity contribution in [2.45, 2.75) is 65.9 Å². The summed E-state index contributed by atoms with van der Waals surface area (Å²) in [5.41, 5.74) is 5.42. The Kier molecular flexibility index (Phi) is 7.52. The van der Waals surface area contributed by atoms with Gasteiger partial charge in [-0.2, -0.15) is 0 Å². The summed E-state index contributed by atoms with van der Waals surface area (Å²) in [6.07, 6.45) is 5.24. The van der Waals surface area contributed by atoms with Gasteiger partial charge in [0.25, 0.3) is 0 Å². The number of rotatable bonds is 9. The smallest absolute Gasteiger partial charge is 0.122 e. The quantitative estimate of drug-likeness (QED) is 0.575. The zero-order valence-corrected chi connectivity index (χ0v) is 16.1. The normalized spacial score (nSPS) is 12.2. The molecule has 0 heterocycles. The second-order valence-corrected chi connectivity index (χ2v) is 6.81. The second kappa shape index (κ2) is 9.62. The third kappa shape index (κ3) is 5.09. The van der Waals surface area contributed by atoms with E-state index in [9.17, 15) is 5.11 Å². The molecule has 0 saturated heterocycles. The maximum absolute atomic E-state index is 10.8. The van der Waals surface area contributed by atoms with Gasteiger partial charge < -0.3 is 9.84 Å². The van der Waals surface area contributed by atoms with Crippen molar-refractivity contribution in [3.05, 3.63) is 64.2 Å². The van der Waals surface area contributed by atoms with Crippen molar-refractivity contribution in [2.24, 2.45) is 0 Å². The molecule has 0 bridgehead atoms. The van der Waals surface area contributed by atoms with Gasteiger partial charge in [-0.1, -0.05) is 63.4 Å². The van der Waals surface area contributed by atoms with Gasteiger partial charge in [-0.25, -0.2) is 0 Å². The number of aliphatic hydroxyl groups is 1. The minimum Gasteiger partial charge on any atom is -0.493 e. The predicted octanol–water partition coefficient (Wildman–Crippen LogP) is 5.91. The van der Waals surface area contributed by atoms with Crippen molar-refractivity contribution in [2.75, 3.05) is 6.61 Å². The van der Waals surface area contributed by atoms with Gasteiger partial charge in [0.1, 0.15) is 11.9 Å². The first-order valence-electron chi connectivity index (χ1n) is 9.58. The van der Waals surface area contributed by atoms with Gasteiger partial charge in [0.15, 0.2) is 0 Å². The van der Waals surface area contributed by atoms with Crippen molar-refractivity contribution in [1.82, 2.24) is 0 Å². The molecule has 2 nitrogen and oxygen atoms in total. The van der Waals surface area contributed by atoms with Crippen LogP contribution in [-0.4, -0.2) is 11.7 Å². The molecule has 0 spiro atoms. The fourth-order valence-corrected chi connectivity index (χ4v) is 3.10. The minimum atomic E-state index is -0.594. The van der Waals surface area contributed by atoms with E-state index in [0.29, 0.717) is 0 Å². The highest BCUT2D eigenvalue weighted by molar-refractivity contribution is 5.46. The van der Waals surface area contributed by atoms with Gasteiger partial charge in [0.2, 0.25) is 0 Å². The standard InChI is InChI=1S/C23H32O2/c1-5-7-8-9-16-25-22-15-14-21(17(3)18(22)4)23(24)20-12-10-19(6-2)11-13-20/h10-15,23-24H,5-9,16H2,1-4H3. The van der Waals surface area contributed by atoms with Crippen LogP contribution in [0.3, 0.4) is 0 Å². The molecule has 2 aromatic carbocycles. The molecule has 0 aliphatic heterocycles. The number of hydrogen-bond acceptors (Lipinski definition) is 2. The number of hydrogen-bond donors (Lipinski definition) is 1. The number of aliphatic hydroxyl groups excluding tert-OH is 1. The Morgan fingerprint density at radius 3 is 2.24 bits per heavy atom. The Balaban J connectivity index is 2.09. The largest absolute Gasteiger partial charge is 0.493 e. The van der Waals surface area contributed by atoms with Crippen molar-refractivity contribution >= 4 is 0 Å². The molecular weight excluding hydrogens is 308 g/mol. The van der Waals surface area contributed by atoms with Crippen LogP contribution >= 0.6 is 0 Å². The lowest BCUT2D eigenvalue weighted by Crippen LogP contribution is -2.06. The van der Waals surface area contributed by atoms with E-state index >= 15 is 0 Å². The highest BCUT2D eigenvalue weighted by atomic mass is 16.5. The van der Waals surface area contributed by atoms with Gasteiger partial charge in [0, 0.05) is 0 Å². The fourth-order valence-electron chi connectivity index (χ4n) is 3.10. The van der Waals surface area contributed by atoms with Crippen LogP contribution in [0.25, 0.3) is 0 Å². The van der Waals surface area contributed by atoms with E-state index in [0.717, 1.165) is 47.5 Å². The molecule has 0 aromatic heterocycles. The first kappa shape index (κ1) is 19.5. The van der Waals surface area contributed by atoms with Crippen LogP contribution in [0.4, 0.5) is 0 Å².